The molecule has 0 bridgehead atoms. The van der Waals surface area contributed by atoms with Crippen molar-refractivity contribution >= 4 is 27.3 Å². The highest BCUT2D eigenvalue weighted by molar-refractivity contribution is 7.90. The Morgan fingerprint density at radius 3 is 2.30 bits per heavy atom. The van der Waals surface area contributed by atoms with E-state index in [4.69, 9.17) is 16.3 Å². The van der Waals surface area contributed by atoms with Gasteiger partial charge in [0, 0.05) is 11.3 Å². The van der Waals surface area contributed by atoms with Gasteiger partial charge in [0.15, 0.2) is 15.9 Å². The summed E-state index contributed by atoms with van der Waals surface area (Å²) < 4.78 is 29.0. The average Bonchev–Trinajstić information content (AvgIpc) is 2.63. The van der Waals surface area contributed by atoms with Crippen LogP contribution in [-0.4, -0.2) is 26.7 Å². The minimum atomic E-state index is -3.25. The number of nitrogens with one attached hydrogen (secondary N) is 1. The summed E-state index contributed by atoms with van der Waals surface area (Å²) in [6, 6.07) is 13.2. The minimum absolute atomic E-state index is 0.225. The Hall–Kier alpha value is -2.05. The molecular formula is C20H24ClNO4S. The van der Waals surface area contributed by atoms with E-state index in [1.807, 2.05) is 13.8 Å². The van der Waals surface area contributed by atoms with Gasteiger partial charge in [0.25, 0.3) is 5.91 Å². The molecule has 0 fully saturated rings. The molecule has 2 aromatic carbocycles. The molecule has 27 heavy (non-hydrogen) atoms. The highest BCUT2D eigenvalue weighted by Crippen LogP contribution is 2.22. The molecule has 0 saturated heterocycles. The number of benzene rings is 2. The number of carbonyl (C=O) groups excluding carboxylic acids is 1. The second kappa shape index (κ2) is 9.24. The first-order valence-electron chi connectivity index (χ1n) is 8.77. The Bertz CT molecular complexity index is 881. The lowest BCUT2D eigenvalue weighted by atomic mass is 10.0. The van der Waals surface area contributed by atoms with Crippen LogP contribution in [0.4, 0.5) is 0 Å². The van der Waals surface area contributed by atoms with Crippen LogP contribution in [0.25, 0.3) is 0 Å². The van der Waals surface area contributed by atoms with Crippen LogP contribution in [-0.2, 0) is 14.6 Å². The molecule has 0 saturated carbocycles. The maximum absolute atomic E-state index is 12.7. The van der Waals surface area contributed by atoms with Gasteiger partial charge in [-0.15, -0.1) is 0 Å². The number of amides is 1. The van der Waals surface area contributed by atoms with Crippen molar-refractivity contribution < 1.29 is 17.9 Å². The maximum atomic E-state index is 12.7. The van der Waals surface area contributed by atoms with Gasteiger partial charge in [-0.05, 0) is 48.7 Å². The fourth-order valence-corrected chi connectivity index (χ4v) is 3.47. The zero-order chi connectivity index (χ0) is 20.0. The molecule has 0 aliphatic rings. The fraction of sp³-hybridized carbons (Fsp3) is 0.350. The predicted octanol–water partition coefficient (Wildman–Crippen LogP) is 4.17. The Balaban J connectivity index is 2.10. The van der Waals surface area contributed by atoms with E-state index in [1.54, 1.807) is 48.5 Å². The van der Waals surface area contributed by atoms with Crippen molar-refractivity contribution in [3.63, 3.8) is 0 Å². The van der Waals surface area contributed by atoms with E-state index >= 15 is 0 Å². The maximum Gasteiger partial charge on any atom is 0.261 e. The zero-order valence-corrected chi connectivity index (χ0v) is 17.2. The predicted molar refractivity (Wildman–Crippen MR) is 107 cm³/mol. The van der Waals surface area contributed by atoms with Crippen molar-refractivity contribution in [3.8, 4) is 5.75 Å². The van der Waals surface area contributed by atoms with Gasteiger partial charge in [0.2, 0.25) is 0 Å². The first kappa shape index (κ1) is 21.3. The molecule has 1 amide bonds. The van der Waals surface area contributed by atoms with Crippen molar-refractivity contribution in [2.45, 2.75) is 43.7 Å². The molecule has 0 aliphatic heterocycles. The molecule has 0 unspecified atom stereocenters. The van der Waals surface area contributed by atoms with Crippen molar-refractivity contribution in [1.29, 1.82) is 0 Å². The first-order chi connectivity index (χ1) is 12.7. The molecule has 0 aromatic heterocycles. The molecule has 146 valence electrons. The minimum Gasteiger partial charge on any atom is -0.481 e. The van der Waals surface area contributed by atoms with Gasteiger partial charge in [-0.3, -0.25) is 4.79 Å². The van der Waals surface area contributed by atoms with Gasteiger partial charge in [0.05, 0.1) is 10.9 Å². The van der Waals surface area contributed by atoms with Crippen LogP contribution in [0.15, 0.2) is 53.4 Å². The summed E-state index contributed by atoms with van der Waals surface area (Å²) in [6.45, 7) is 3.82. The van der Waals surface area contributed by atoms with Crippen LogP contribution in [0, 0.1) is 0 Å². The molecule has 0 heterocycles. The van der Waals surface area contributed by atoms with Gasteiger partial charge < -0.3 is 10.1 Å². The molecule has 7 heteroatoms. The lowest BCUT2D eigenvalue weighted by molar-refractivity contribution is -0.128. The lowest BCUT2D eigenvalue weighted by Gasteiger charge is -2.22. The second-order valence-electron chi connectivity index (χ2n) is 6.28. The quantitative estimate of drug-likeness (QED) is 0.710. The summed E-state index contributed by atoms with van der Waals surface area (Å²) in [5.41, 5.74) is 0.843. The van der Waals surface area contributed by atoms with Crippen molar-refractivity contribution in [3.05, 3.63) is 59.1 Å². The number of hydrogen-bond acceptors (Lipinski definition) is 4. The smallest absolute Gasteiger partial charge is 0.261 e. The number of hydrogen-bond donors (Lipinski definition) is 1. The van der Waals surface area contributed by atoms with E-state index in [9.17, 15) is 13.2 Å². The van der Waals surface area contributed by atoms with E-state index < -0.39 is 15.9 Å². The van der Waals surface area contributed by atoms with Gasteiger partial charge >= 0.3 is 0 Å². The third-order valence-corrected chi connectivity index (χ3v) is 5.54. The van der Waals surface area contributed by atoms with Crippen molar-refractivity contribution in [2.75, 3.05) is 6.26 Å². The number of ether oxygens (including phenoxy) is 1. The summed E-state index contributed by atoms with van der Waals surface area (Å²) in [4.78, 5) is 12.9. The van der Waals surface area contributed by atoms with Crippen LogP contribution >= 0.6 is 11.6 Å². The molecule has 2 rings (SSSR count). The normalized spacial score (nSPS) is 13.6. The lowest BCUT2D eigenvalue weighted by Crippen LogP contribution is -2.39. The van der Waals surface area contributed by atoms with Crippen molar-refractivity contribution in [1.82, 2.24) is 5.32 Å². The van der Waals surface area contributed by atoms with Gasteiger partial charge in [0.1, 0.15) is 5.75 Å². The number of halogens is 1. The van der Waals surface area contributed by atoms with Crippen LogP contribution in [0.1, 0.15) is 38.3 Å². The van der Waals surface area contributed by atoms with Gasteiger partial charge in [-0.25, -0.2) is 8.42 Å². The first-order valence-corrected chi connectivity index (χ1v) is 11.0. The molecule has 0 radical (unpaired) electrons. The highest BCUT2D eigenvalue weighted by Gasteiger charge is 2.22. The Morgan fingerprint density at radius 1 is 1.11 bits per heavy atom. The second-order valence-corrected chi connectivity index (χ2v) is 8.73. The Morgan fingerprint density at radius 2 is 1.78 bits per heavy atom. The van der Waals surface area contributed by atoms with Crippen molar-refractivity contribution in [2.24, 2.45) is 0 Å². The van der Waals surface area contributed by atoms with Crippen LogP contribution < -0.4 is 10.1 Å². The Kier molecular flexibility index (Phi) is 7.27. The standard InChI is InChI=1S/C20H24ClNO4S/c1-4-18(14-9-11-17(12-10-14)27(3,24)25)22-20(23)19(5-2)26-16-8-6-7-15(21)13-16/h6-13,18-19H,4-5H2,1-3H3,(H,22,23)/t18-,19-/m0/s1. The largest absolute Gasteiger partial charge is 0.481 e. The third kappa shape index (κ3) is 5.97. The summed E-state index contributed by atoms with van der Waals surface area (Å²) in [7, 11) is -3.25. The van der Waals surface area contributed by atoms with E-state index in [1.165, 1.54) is 6.26 Å². The number of carbonyl (C=O) groups is 1. The monoisotopic (exact) mass is 409 g/mol. The van der Waals surface area contributed by atoms with Gasteiger partial charge in [-0.1, -0.05) is 43.6 Å². The molecular weight excluding hydrogens is 386 g/mol. The third-order valence-electron chi connectivity index (χ3n) is 4.17. The molecule has 2 aromatic rings. The van der Waals surface area contributed by atoms with E-state index in [2.05, 4.69) is 5.32 Å². The Labute approximate surface area is 165 Å². The summed E-state index contributed by atoms with van der Waals surface area (Å²) in [5.74, 6) is 0.312. The molecule has 1 N–H and O–H groups in total. The molecule has 0 aliphatic carbocycles. The summed E-state index contributed by atoms with van der Waals surface area (Å²) >= 11 is 5.96. The van der Waals surface area contributed by atoms with Crippen LogP contribution in [0.5, 0.6) is 5.75 Å². The van der Waals surface area contributed by atoms with Crippen LogP contribution in [0.3, 0.4) is 0 Å². The topological polar surface area (TPSA) is 72.5 Å². The summed E-state index contributed by atoms with van der Waals surface area (Å²) in [5, 5.41) is 3.52. The van der Waals surface area contributed by atoms with E-state index in [0.29, 0.717) is 23.6 Å². The number of sulfone groups is 1. The molecule has 0 spiro atoms. The summed E-state index contributed by atoms with van der Waals surface area (Å²) in [6.07, 6.45) is 1.69. The van der Waals surface area contributed by atoms with E-state index in [-0.39, 0.29) is 16.8 Å². The SMILES string of the molecule is CC[C@H](Oc1cccc(Cl)c1)C(=O)N[C@@H](CC)c1ccc(S(C)(=O)=O)cc1. The molecule has 5 nitrogen and oxygen atoms in total. The fourth-order valence-electron chi connectivity index (χ4n) is 2.66. The van der Waals surface area contributed by atoms with Gasteiger partial charge in [-0.2, -0.15) is 0 Å². The number of rotatable bonds is 8. The highest BCUT2D eigenvalue weighted by atomic mass is 35.5. The average molecular weight is 410 g/mol. The van der Waals surface area contributed by atoms with E-state index in [0.717, 1.165) is 5.56 Å². The molecule has 2 atom stereocenters. The zero-order valence-electron chi connectivity index (χ0n) is 15.6. The van der Waals surface area contributed by atoms with Crippen LogP contribution in [0.2, 0.25) is 5.02 Å².